The minimum atomic E-state index is 0. The van der Waals surface area contributed by atoms with Crippen molar-refractivity contribution < 1.29 is 0 Å². The molecule has 0 aliphatic rings. The normalized spacial score (nSPS) is 9.20. The SMILES string of the molecule is [Po].c1ccc2scnc2c1. The first-order chi connectivity index (χ1) is 4.47. The van der Waals surface area contributed by atoms with E-state index in [0.717, 1.165) is 5.52 Å². The van der Waals surface area contributed by atoms with Gasteiger partial charge in [-0.05, 0) is 12.1 Å². The molecule has 0 spiro atoms. The van der Waals surface area contributed by atoms with Crippen LogP contribution in [-0.4, -0.2) is 31.6 Å². The Morgan fingerprint density at radius 3 is 2.80 bits per heavy atom. The zero-order valence-corrected chi connectivity index (χ0v) is 9.14. The van der Waals surface area contributed by atoms with Gasteiger partial charge in [-0.25, -0.2) is 4.98 Å². The van der Waals surface area contributed by atoms with E-state index in [0.29, 0.717) is 0 Å². The number of para-hydroxylation sites is 1. The molecule has 50 valence electrons. The van der Waals surface area contributed by atoms with Gasteiger partial charge in [0.15, 0.2) is 0 Å². The molecule has 2 aromatic rings. The van der Waals surface area contributed by atoms with E-state index in [1.165, 1.54) is 4.70 Å². The number of rotatable bonds is 0. The number of aromatic nitrogens is 1. The van der Waals surface area contributed by atoms with E-state index in [4.69, 9.17) is 0 Å². The number of fused-ring (bicyclic) bond motifs is 1. The van der Waals surface area contributed by atoms with Crippen molar-refractivity contribution >= 4 is 48.1 Å². The zero-order valence-electron chi connectivity index (χ0n) is 5.15. The molecule has 1 heterocycles. The number of nitrogens with zero attached hydrogens (tertiary/aromatic N) is 1. The number of thiazole rings is 1. The molecule has 0 aliphatic carbocycles. The van der Waals surface area contributed by atoms with Gasteiger partial charge in [-0.15, -0.1) is 11.3 Å². The number of hydrogen-bond acceptors (Lipinski definition) is 2. The van der Waals surface area contributed by atoms with Crippen molar-refractivity contribution in [1.82, 2.24) is 4.98 Å². The van der Waals surface area contributed by atoms with E-state index in [1.807, 2.05) is 23.7 Å². The zero-order chi connectivity index (χ0) is 6.10. The van der Waals surface area contributed by atoms with Crippen LogP contribution >= 0.6 is 11.3 Å². The number of benzene rings is 1. The molecule has 0 saturated carbocycles. The Kier molecular flexibility index (Phi) is 2.77. The van der Waals surface area contributed by atoms with Crippen molar-refractivity contribution in [1.29, 1.82) is 0 Å². The topological polar surface area (TPSA) is 12.9 Å². The molecule has 10 heavy (non-hydrogen) atoms. The molecule has 3 heteroatoms. The Balaban J connectivity index is 0.000000500. The molecule has 1 aromatic heterocycles. The first kappa shape index (κ1) is 8.11. The van der Waals surface area contributed by atoms with Gasteiger partial charge in [0.25, 0.3) is 0 Å². The molecule has 1 aromatic carbocycles. The van der Waals surface area contributed by atoms with Crippen molar-refractivity contribution in [3.63, 3.8) is 0 Å². The van der Waals surface area contributed by atoms with Crippen LogP contribution in [0.3, 0.4) is 0 Å². The van der Waals surface area contributed by atoms with Gasteiger partial charge >= 0.3 is 0 Å². The fourth-order valence-electron chi connectivity index (χ4n) is 0.803. The Morgan fingerprint density at radius 1 is 1.20 bits per heavy atom. The molecule has 0 aliphatic heterocycles. The quantitative estimate of drug-likeness (QED) is 0.712. The summed E-state index contributed by atoms with van der Waals surface area (Å²) in [4.78, 5) is 4.14. The van der Waals surface area contributed by atoms with Crippen LogP contribution in [0.1, 0.15) is 0 Å². The van der Waals surface area contributed by atoms with Gasteiger partial charge in [-0.2, -0.15) is 0 Å². The van der Waals surface area contributed by atoms with E-state index in [-0.39, 0.29) is 26.6 Å². The minimum Gasteiger partial charge on any atom is -0.245 e. The summed E-state index contributed by atoms with van der Waals surface area (Å²) in [5.74, 6) is 0. The molecular formula is C7H5NPoS. The standard InChI is InChI=1S/C7H5NS.Po/c1-2-4-7-6(3-1)8-5-9-7;/h1-5H;. The summed E-state index contributed by atoms with van der Waals surface area (Å²) < 4.78 is 1.26. The van der Waals surface area contributed by atoms with E-state index >= 15 is 0 Å². The summed E-state index contributed by atoms with van der Waals surface area (Å²) in [6.07, 6.45) is 0. The van der Waals surface area contributed by atoms with Crippen LogP contribution in [0, 0.1) is 0 Å². The van der Waals surface area contributed by atoms with Crippen LogP contribution in [0.4, 0.5) is 0 Å². The van der Waals surface area contributed by atoms with E-state index < -0.39 is 0 Å². The maximum absolute atomic E-state index is 4.14. The van der Waals surface area contributed by atoms with Crippen LogP contribution in [-0.2, 0) is 0 Å². The predicted molar refractivity (Wildman–Crippen MR) is 45.4 cm³/mol. The predicted octanol–water partition coefficient (Wildman–Crippen LogP) is 1.92. The summed E-state index contributed by atoms with van der Waals surface area (Å²) in [5.41, 5.74) is 2.97. The van der Waals surface area contributed by atoms with Gasteiger partial charge in [-0.1, -0.05) is 12.1 Å². The first-order valence-electron chi connectivity index (χ1n) is 2.75. The van der Waals surface area contributed by atoms with Gasteiger partial charge in [0.2, 0.25) is 0 Å². The summed E-state index contributed by atoms with van der Waals surface area (Å²) in [5, 5.41) is 0. The largest absolute Gasteiger partial charge is 0.245 e. The van der Waals surface area contributed by atoms with E-state index in [2.05, 4.69) is 11.1 Å². The van der Waals surface area contributed by atoms with Gasteiger partial charge in [0, 0.05) is 26.6 Å². The Labute approximate surface area is 82.6 Å². The average molecular weight is 344 g/mol. The minimum absolute atomic E-state index is 0. The fourth-order valence-corrected chi connectivity index (χ4v) is 1.48. The molecule has 0 fully saturated rings. The Bertz CT molecular complexity index is 288. The van der Waals surface area contributed by atoms with Crippen molar-refractivity contribution in [3.8, 4) is 0 Å². The van der Waals surface area contributed by atoms with Crippen molar-refractivity contribution in [3.05, 3.63) is 29.8 Å². The summed E-state index contributed by atoms with van der Waals surface area (Å²) in [6, 6.07) is 8.13. The summed E-state index contributed by atoms with van der Waals surface area (Å²) in [6.45, 7) is 0. The molecule has 0 unspecified atom stereocenters. The molecule has 0 amide bonds. The molecular weight excluding hydrogens is 339 g/mol. The van der Waals surface area contributed by atoms with Gasteiger partial charge in [0.1, 0.15) is 0 Å². The summed E-state index contributed by atoms with van der Waals surface area (Å²) in [7, 11) is 0. The maximum Gasteiger partial charge on any atom is 0.0812 e. The monoisotopic (exact) mass is 344 g/mol. The van der Waals surface area contributed by atoms with Crippen LogP contribution < -0.4 is 0 Å². The Hall–Kier alpha value is 0.00610. The molecule has 2 radical (unpaired) electrons. The Morgan fingerprint density at radius 2 is 2.00 bits per heavy atom. The van der Waals surface area contributed by atoms with E-state index in [1.54, 1.807) is 11.3 Å². The molecule has 2 rings (SSSR count). The fraction of sp³-hybridized carbons (Fsp3) is 0. The average Bonchev–Trinajstić information content (AvgIpc) is 2.33. The van der Waals surface area contributed by atoms with Crippen molar-refractivity contribution in [2.45, 2.75) is 0 Å². The number of hydrogen-bond donors (Lipinski definition) is 0. The maximum atomic E-state index is 4.14. The second kappa shape index (κ2) is 3.41. The molecule has 0 bridgehead atoms. The second-order valence-corrected chi connectivity index (χ2v) is 2.71. The third-order valence-corrected chi connectivity index (χ3v) is 2.05. The van der Waals surface area contributed by atoms with Crippen LogP contribution in [0.15, 0.2) is 29.8 Å². The van der Waals surface area contributed by atoms with Gasteiger partial charge in [0.05, 0.1) is 15.7 Å². The third kappa shape index (κ3) is 1.36. The van der Waals surface area contributed by atoms with Crippen LogP contribution in [0.2, 0.25) is 0 Å². The van der Waals surface area contributed by atoms with Gasteiger partial charge in [-0.3, -0.25) is 0 Å². The van der Waals surface area contributed by atoms with Crippen LogP contribution in [0.5, 0.6) is 0 Å². The third-order valence-electron chi connectivity index (χ3n) is 1.24. The van der Waals surface area contributed by atoms with Crippen LogP contribution in [0.25, 0.3) is 10.2 Å². The smallest absolute Gasteiger partial charge is 0.0812 e. The van der Waals surface area contributed by atoms with E-state index in [9.17, 15) is 0 Å². The van der Waals surface area contributed by atoms with Crippen molar-refractivity contribution in [2.75, 3.05) is 0 Å². The molecule has 0 atom stereocenters. The molecule has 1 nitrogen and oxygen atoms in total. The van der Waals surface area contributed by atoms with Gasteiger partial charge < -0.3 is 0 Å². The first-order valence-corrected chi connectivity index (χ1v) is 3.63. The molecule has 0 N–H and O–H groups in total. The molecule has 0 saturated heterocycles. The van der Waals surface area contributed by atoms with Crippen molar-refractivity contribution in [2.24, 2.45) is 0 Å². The second-order valence-electron chi connectivity index (χ2n) is 1.82. The summed E-state index contributed by atoms with van der Waals surface area (Å²) >= 11 is 1.68.